The number of H-pyrrole nitrogens is 1. The molecule has 3 N–H and O–H groups in total. The van der Waals surface area contributed by atoms with Gasteiger partial charge in [0.15, 0.2) is 10.8 Å². The van der Waals surface area contributed by atoms with Gasteiger partial charge in [-0.2, -0.15) is 4.98 Å². The van der Waals surface area contributed by atoms with Gasteiger partial charge in [0.25, 0.3) is 10.0 Å². The van der Waals surface area contributed by atoms with E-state index in [1.165, 1.54) is 18.2 Å². The molecule has 132 valence electrons. The van der Waals surface area contributed by atoms with Crippen LogP contribution in [-0.2, 0) is 16.4 Å². The number of sulfonamides is 1. The van der Waals surface area contributed by atoms with Gasteiger partial charge < -0.3 is 9.72 Å². The second kappa shape index (κ2) is 6.45. The molecule has 0 radical (unpaired) electrons. The zero-order chi connectivity index (χ0) is 18.2. The van der Waals surface area contributed by atoms with Crippen LogP contribution in [0.25, 0.3) is 10.9 Å². The van der Waals surface area contributed by atoms with Crippen LogP contribution in [0.15, 0.2) is 35.5 Å². The fourth-order valence-corrected chi connectivity index (χ4v) is 3.26. The summed E-state index contributed by atoms with van der Waals surface area (Å²) in [6.07, 6.45) is 3.55. The standard InChI is InChI=1S/C17H18FN3O3S/c1-3-4-11-9-20-17-13(11)7-12(18)8-14(17)24-15-5-10(2)6-16(21-15)25(19,22)23/h5-9,20H,3-4H2,1-2H3,(H2,19,22,23). The summed E-state index contributed by atoms with van der Waals surface area (Å²) in [5.74, 6) is -0.183. The molecule has 2 aromatic heterocycles. The summed E-state index contributed by atoms with van der Waals surface area (Å²) in [6, 6.07) is 5.58. The summed E-state index contributed by atoms with van der Waals surface area (Å²) in [5, 5.41) is 5.56. The number of aromatic amines is 1. The molecule has 0 amide bonds. The number of nitrogens with one attached hydrogen (secondary N) is 1. The molecule has 6 nitrogen and oxygen atoms in total. The van der Waals surface area contributed by atoms with Crippen molar-refractivity contribution in [3.05, 3.63) is 47.4 Å². The van der Waals surface area contributed by atoms with Gasteiger partial charge in [0, 0.05) is 23.7 Å². The van der Waals surface area contributed by atoms with E-state index in [9.17, 15) is 12.8 Å². The van der Waals surface area contributed by atoms with Crippen LogP contribution in [0.4, 0.5) is 4.39 Å². The number of rotatable bonds is 5. The third-order valence-corrected chi connectivity index (χ3v) is 4.54. The average molecular weight is 363 g/mol. The molecule has 0 fully saturated rings. The molecular weight excluding hydrogens is 345 g/mol. The van der Waals surface area contributed by atoms with Crippen molar-refractivity contribution in [1.29, 1.82) is 0 Å². The number of pyridine rings is 1. The lowest BCUT2D eigenvalue weighted by molar-refractivity contribution is 0.456. The molecule has 0 aliphatic rings. The Morgan fingerprint density at radius 1 is 1.28 bits per heavy atom. The highest BCUT2D eigenvalue weighted by Gasteiger charge is 2.15. The molecular formula is C17H18FN3O3S. The summed E-state index contributed by atoms with van der Waals surface area (Å²) in [7, 11) is -3.97. The van der Waals surface area contributed by atoms with Gasteiger partial charge in [-0.25, -0.2) is 17.9 Å². The maximum absolute atomic E-state index is 14.0. The highest BCUT2D eigenvalue weighted by Crippen LogP contribution is 2.32. The summed E-state index contributed by atoms with van der Waals surface area (Å²) in [4.78, 5) is 6.99. The monoisotopic (exact) mass is 363 g/mol. The third-order valence-electron chi connectivity index (χ3n) is 3.75. The predicted molar refractivity (Wildman–Crippen MR) is 92.7 cm³/mol. The lowest BCUT2D eigenvalue weighted by Gasteiger charge is -2.09. The van der Waals surface area contributed by atoms with E-state index in [-0.39, 0.29) is 16.7 Å². The number of aryl methyl sites for hydroxylation is 2. The van der Waals surface area contributed by atoms with Gasteiger partial charge in [-0.1, -0.05) is 13.3 Å². The first kappa shape index (κ1) is 17.4. The fourth-order valence-electron chi connectivity index (χ4n) is 2.69. The summed E-state index contributed by atoms with van der Waals surface area (Å²) in [6.45, 7) is 3.74. The molecule has 0 spiro atoms. The third kappa shape index (κ3) is 3.64. The Morgan fingerprint density at radius 2 is 2.04 bits per heavy atom. The SMILES string of the molecule is CCCc1c[nH]c2c(Oc3cc(C)cc(S(N)(=O)=O)n3)cc(F)cc12. The zero-order valence-corrected chi connectivity index (χ0v) is 14.7. The number of nitrogens with zero attached hydrogens (tertiary/aromatic N) is 1. The van der Waals surface area contributed by atoms with Crippen molar-refractivity contribution in [3.8, 4) is 11.6 Å². The first-order chi connectivity index (χ1) is 11.8. The van der Waals surface area contributed by atoms with Gasteiger partial charge in [-0.3, -0.25) is 0 Å². The molecule has 0 aliphatic heterocycles. The van der Waals surface area contributed by atoms with Crippen LogP contribution in [0.3, 0.4) is 0 Å². The number of primary sulfonamides is 1. The molecule has 0 unspecified atom stereocenters. The largest absolute Gasteiger partial charge is 0.437 e. The van der Waals surface area contributed by atoms with E-state index in [0.717, 1.165) is 23.8 Å². The number of hydrogen-bond donors (Lipinski definition) is 2. The minimum Gasteiger partial charge on any atom is -0.437 e. The Kier molecular flexibility index (Phi) is 4.49. The predicted octanol–water partition coefficient (Wildman–Crippen LogP) is 3.40. The van der Waals surface area contributed by atoms with Gasteiger partial charge in [0.1, 0.15) is 5.82 Å². The molecule has 0 saturated heterocycles. The quantitative estimate of drug-likeness (QED) is 0.726. The van der Waals surface area contributed by atoms with Crippen LogP contribution in [0.5, 0.6) is 11.6 Å². The van der Waals surface area contributed by atoms with Crippen LogP contribution in [-0.4, -0.2) is 18.4 Å². The molecule has 2 heterocycles. The van der Waals surface area contributed by atoms with Gasteiger partial charge >= 0.3 is 0 Å². The van der Waals surface area contributed by atoms with Crippen molar-refractivity contribution in [2.45, 2.75) is 31.7 Å². The Morgan fingerprint density at radius 3 is 2.72 bits per heavy atom. The minimum absolute atomic E-state index is 0.0302. The molecule has 0 aliphatic carbocycles. The lowest BCUT2D eigenvalue weighted by atomic mass is 10.1. The molecule has 8 heteroatoms. The number of aromatic nitrogens is 2. The maximum Gasteiger partial charge on any atom is 0.255 e. The first-order valence-corrected chi connectivity index (χ1v) is 9.31. The van der Waals surface area contributed by atoms with E-state index < -0.39 is 15.8 Å². The molecule has 1 aromatic carbocycles. The minimum atomic E-state index is -3.97. The maximum atomic E-state index is 14.0. The van der Waals surface area contributed by atoms with Crippen LogP contribution in [0.1, 0.15) is 24.5 Å². The molecule has 3 rings (SSSR count). The van der Waals surface area contributed by atoms with Crippen molar-refractivity contribution < 1.29 is 17.5 Å². The van der Waals surface area contributed by atoms with E-state index in [4.69, 9.17) is 9.88 Å². The normalized spacial score (nSPS) is 11.8. The van der Waals surface area contributed by atoms with Gasteiger partial charge in [-0.15, -0.1) is 0 Å². The van der Waals surface area contributed by atoms with Crippen LogP contribution in [0.2, 0.25) is 0 Å². The molecule has 0 saturated carbocycles. The Balaban J connectivity index is 2.08. The van der Waals surface area contributed by atoms with E-state index in [1.54, 1.807) is 13.0 Å². The molecule has 0 atom stereocenters. The number of nitrogens with two attached hydrogens (primary N) is 1. The Bertz CT molecular complexity index is 1040. The van der Waals surface area contributed by atoms with Crippen molar-refractivity contribution in [2.24, 2.45) is 5.14 Å². The zero-order valence-electron chi connectivity index (χ0n) is 13.8. The van der Waals surface area contributed by atoms with E-state index >= 15 is 0 Å². The number of ether oxygens (including phenoxy) is 1. The van der Waals surface area contributed by atoms with Crippen molar-refractivity contribution >= 4 is 20.9 Å². The summed E-state index contributed by atoms with van der Waals surface area (Å²) >= 11 is 0. The lowest BCUT2D eigenvalue weighted by Crippen LogP contribution is -2.14. The number of hydrogen-bond acceptors (Lipinski definition) is 4. The van der Waals surface area contributed by atoms with Crippen molar-refractivity contribution in [2.75, 3.05) is 0 Å². The van der Waals surface area contributed by atoms with E-state index in [0.29, 0.717) is 11.1 Å². The fraction of sp³-hybridized carbons (Fsp3) is 0.235. The van der Waals surface area contributed by atoms with Gasteiger partial charge in [0.05, 0.1) is 5.52 Å². The summed E-state index contributed by atoms with van der Waals surface area (Å²) < 4.78 is 42.7. The van der Waals surface area contributed by atoms with E-state index in [2.05, 4.69) is 9.97 Å². The average Bonchev–Trinajstić information content (AvgIpc) is 2.89. The van der Waals surface area contributed by atoms with Crippen LogP contribution < -0.4 is 9.88 Å². The second-order valence-corrected chi connectivity index (χ2v) is 7.37. The van der Waals surface area contributed by atoms with Crippen molar-refractivity contribution in [1.82, 2.24) is 9.97 Å². The highest BCUT2D eigenvalue weighted by atomic mass is 32.2. The Hall–Kier alpha value is -2.45. The van der Waals surface area contributed by atoms with Crippen LogP contribution >= 0.6 is 0 Å². The number of halogens is 1. The smallest absolute Gasteiger partial charge is 0.255 e. The van der Waals surface area contributed by atoms with Crippen LogP contribution in [0, 0.1) is 12.7 Å². The number of fused-ring (bicyclic) bond motifs is 1. The van der Waals surface area contributed by atoms with Gasteiger partial charge in [0.2, 0.25) is 5.88 Å². The second-order valence-electron chi connectivity index (χ2n) is 5.86. The van der Waals surface area contributed by atoms with Gasteiger partial charge in [-0.05, 0) is 36.6 Å². The topological polar surface area (TPSA) is 98.1 Å². The van der Waals surface area contributed by atoms with E-state index in [1.807, 2.05) is 13.1 Å². The highest BCUT2D eigenvalue weighted by molar-refractivity contribution is 7.89. The Labute approximate surface area is 144 Å². The number of benzene rings is 1. The first-order valence-electron chi connectivity index (χ1n) is 7.77. The van der Waals surface area contributed by atoms with Crippen molar-refractivity contribution in [3.63, 3.8) is 0 Å². The summed E-state index contributed by atoms with van der Waals surface area (Å²) in [5.41, 5.74) is 2.23. The molecule has 3 aromatic rings. The molecule has 25 heavy (non-hydrogen) atoms. The molecule has 0 bridgehead atoms.